The fourth-order valence-electron chi connectivity index (χ4n) is 3.97. The van der Waals surface area contributed by atoms with Gasteiger partial charge in [-0.3, -0.25) is 0 Å². The largest absolute Gasteiger partial charge is 0.392 e. The molecule has 1 saturated carbocycles. The molecule has 1 aliphatic carbocycles. The lowest BCUT2D eigenvalue weighted by molar-refractivity contribution is -0.0910. The maximum Gasteiger partial charge on any atom is 0.245 e. The molecule has 3 aliphatic rings. The van der Waals surface area contributed by atoms with Crippen molar-refractivity contribution in [1.29, 1.82) is 0 Å². The minimum absolute atomic E-state index is 0.0894. The van der Waals surface area contributed by atoms with E-state index in [1.807, 2.05) is 0 Å². The molecule has 138 valence electrons. The summed E-state index contributed by atoms with van der Waals surface area (Å²) in [5.41, 5.74) is 0.0221. The number of hydrogen-bond donors (Lipinski definition) is 1. The maximum absolute atomic E-state index is 13.1. The van der Waals surface area contributed by atoms with E-state index in [0.717, 1.165) is 38.4 Å². The molecule has 3 fully saturated rings. The standard InChI is InChI=1S/C18H26N2O4S/c21-14-16-3-5-17(6-4-16)25(22,23)20-11-12-24-18(20)7-9-19(10-8-18)13-15-1-2-15/h3-6,15,21H,1-2,7-14H2. The van der Waals surface area contributed by atoms with Crippen molar-refractivity contribution in [2.45, 2.75) is 42.9 Å². The Kier molecular flexibility index (Phi) is 4.62. The van der Waals surface area contributed by atoms with Crippen LogP contribution in [0.2, 0.25) is 0 Å². The molecule has 0 amide bonds. The van der Waals surface area contributed by atoms with Crippen LogP contribution in [0.15, 0.2) is 29.2 Å². The zero-order chi connectivity index (χ0) is 17.5. The summed E-state index contributed by atoms with van der Waals surface area (Å²) in [6, 6.07) is 6.48. The summed E-state index contributed by atoms with van der Waals surface area (Å²) in [7, 11) is -3.59. The first-order valence-corrected chi connectivity index (χ1v) is 10.6. The van der Waals surface area contributed by atoms with Crippen molar-refractivity contribution in [3.05, 3.63) is 29.8 Å². The second-order valence-corrected chi connectivity index (χ2v) is 9.28. The van der Waals surface area contributed by atoms with Crippen LogP contribution in [0.3, 0.4) is 0 Å². The smallest absolute Gasteiger partial charge is 0.245 e. The summed E-state index contributed by atoms with van der Waals surface area (Å²) < 4.78 is 33.9. The van der Waals surface area contributed by atoms with E-state index >= 15 is 0 Å². The van der Waals surface area contributed by atoms with Crippen molar-refractivity contribution in [2.75, 3.05) is 32.8 Å². The Balaban J connectivity index is 1.51. The number of piperidine rings is 1. The van der Waals surface area contributed by atoms with E-state index in [2.05, 4.69) is 4.90 Å². The van der Waals surface area contributed by atoms with Gasteiger partial charge in [0, 0.05) is 39.0 Å². The SMILES string of the molecule is O=S(=O)(c1ccc(CO)cc1)N1CCOC12CCN(CC1CC1)CC2. The highest BCUT2D eigenvalue weighted by molar-refractivity contribution is 7.89. The van der Waals surface area contributed by atoms with Crippen molar-refractivity contribution in [2.24, 2.45) is 5.92 Å². The topological polar surface area (TPSA) is 70.1 Å². The normalized spacial score (nSPS) is 24.8. The highest BCUT2D eigenvalue weighted by Gasteiger charge is 2.50. The van der Waals surface area contributed by atoms with Crippen molar-refractivity contribution < 1.29 is 18.3 Å². The summed E-state index contributed by atoms with van der Waals surface area (Å²) in [5, 5.41) is 9.15. The van der Waals surface area contributed by atoms with Gasteiger partial charge in [0.2, 0.25) is 10.0 Å². The Morgan fingerprint density at radius 3 is 2.40 bits per heavy atom. The number of sulfonamides is 1. The number of aliphatic hydroxyl groups excluding tert-OH is 1. The van der Waals surface area contributed by atoms with Gasteiger partial charge < -0.3 is 14.7 Å². The van der Waals surface area contributed by atoms with Crippen LogP contribution in [-0.2, 0) is 21.4 Å². The summed E-state index contributed by atoms with van der Waals surface area (Å²) in [6.07, 6.45) is 4.13. The van der Waals surface area contributed by atoms with E-state index in [9.17, 15) is 8.42 Å². The van der Waals surface area contributed by atoms with Crippen LogP contribution in [0.4, 0.5) is 0 Å². The molecule has 6 nitrogen and oxygen atoms in total. The number of aliphatic hydroxyl groups is 1. The first-order chi connectivity index (χ1) is 12.0. The molecule has 7 heteroatoms. The Bertz CT molecular complexity index is 707. The number of ether oxygens (including phenoxy) is 1. The molecule has 0 aromatic heterocycles. The van der Waals surface area contributed by atoms with Crippen LogP contribution < -0.4 is 0 Å². The second kappa shape index (κ2) is 6.63. The number of hydrogen-bond acceptors (Lipinski definition) is 5. The van der Waals surface area contributed by atoms with E-state index in [-0.39, 0.29) is 11.5 Å². The minimum atomic E-state index is -3.59. The fraction of sp³-hybridized carbons (Fsp3) is 0.667. The summed E-state index contributed by atoms with van der Waals surface area (Å²) in [4.78, 5) is 2.72. The van der Waals surface area contributed by atoms with Crippen molar-refractivity contribution >= 4 is 10.0 Å². The van der Waals surface area contributed by atoms with E-state index in [4.69, 9.17) is 9.84 Å². The van der Waals surface area contributed by atoms with Crippen LogP contribution in [-0.4, -0.2) is 61.2 Å². The third-order valence-corrected chi connectivity index (χ3v) is 7.63. The van der Waals surface area contributed by atoms with Gasteiger partial charge >= 0.3 is 0 Å². The molecule has 0 radical (unpaired) electrons. The number of rotatable bonds is 5. The molecule has 1 spiro atoms. The van der Waals surface area contributed by atoms with Gasteiger partial charge in [-0.1, -0.05) is 12.1 Å². The van der Waals surface area contributed by atoms with Crippen LogP contribution in [0.1, 0.15) is 31.2 Å². The molecule has 1 aromatic rings. The fourth-order valence-corrected chi connectivity index (χ4v) is 5.69. The lowest BCUT2D eigenvalue weighted by Gasteiger charge is -2.43. The molecule has 0 atom stereocenters. The molecular formula is C18H26N2O4S. The molecular weight excluding hydrogens is 340 g/mol. The maximum atomic E-state index is 13.1. The highest BCUT2D eigenvalue weighted by atomic mass is 32.2. The predicted octanol–water partition coefficient (Wildman–Crippen LogP) is 1.40. The van der Waals surface area contributed by atoms with Gasteiger partial charge in [-0.05, 0) is 36.5 Å². The average molecular weight is 366 g/mol. The molecule has 25 heavy (non-hydrogen) atoms. The van der Waals surface area contributed by atoms with Crippen LogP contribution in [0.5, 0.6) is 0 Å². The van der Waals surface area contributed by atoms with Crippen LogP contribution in [0.25, 0.3) is 0 Å². The Morgan fingerprint density at radius 2 is 1.80 bits per heavy atom. The Morgan fingerprint density at radius 1 is 1.12 bits per heavy atom. The van der Waals surface area contributed by atoms with Crippen LogP contribution >= 0.6 is 0 Å². The molecule has 2 aliphatic heterocycles. The van der Waals surface area contributed by atoms with E-state index in [1.54, 1.807) is 28.6 Å². The van der Waals surface area contributed by atoms with Gasteiger partial charge in [0.15, 0.2) is 0 Å². The minimum Gasteiger partial charge on any atom is -0.392 e. The first-order valence-electron chi connectivity index (χ1n) is 9.12. The number of nitrogens with zero attached hydrogens (tertiary/aromatic N) is 2. The quantitative estimate of drug-likeness (QED) is 0.853. The van der Waals surface area contributed by atoms with Crippen molar-refractivity contribution in [3.8, 4) is 0 Å². The molecule has 4 rings (SSSR count). The molecule has 0 bridgehead atoms. The third-order valence-electron chi connectivity index (χ3n) is 5.66. The van der Waals surface area contributed by atoms with Gasteiger partial charge in [-0.25, -0.2) is 8.42 Å². The van der Waals surface area contributed by atoms with E-state index in [1.165, 1.54) is 12.8 Å². The second-order valence-electron chi connectivity index (χ2n) is 7.42. The van der Waals surface area contributed by atoms with Gasteiger partial charge in [0.1, 0.15) is 5.72 Å². The van der Waals surface area contributed by atoms with Crippen molar-refractivity contribution in [3.63, 3.8) is 0 Å². The Labute approximate surface area is 149 Å². The highest BCUT2D eigenvalue weighted by Crippen LogP contribution is 2.39. The first kappa shape index (κ1) is 17.4. The van der Waals surface area contributed by atoms with E-state index in [0.29, 0.717) is 18.7 Å². The number of benzene rings is 1. The monoisotopic (exact) mass is 366 g/mol. The zero-order valence-corrected chi connectivity index (χ0v) is 15.2. The zero-order valence-electron chi connectivity index (χ0n) is 14.4. The molecule has 1 aromatic carbocycles. The number of likely N-dealkylation sites (tertiary alicyclic amines) is 1. The summed E-state index contributed by atoms with van der Waals surface area (Å²) in [6.45, 7) is 3.71. The molecule has 2 heterocycles. The van der Waals surface area contributed by atoms with Gasteiger partial charge in [0.25, 0.3) is 0 Å². The van der Waals surface area contributed by atoms with Gasteiger partial charge in [-0.15, -0.1) is 0 Å². The van der Waals surface area contributed by atoms with Crippen LogP contribution in [0, 0.1) is 5.92 Å². The predicted molar refractivity (Wildman–Crippen MR) is 93.3 cm³/mol. The van der Waals surface area contributed by atoms with Gasteiger partial charge in [0.05, 0.1) is 18.1 Å². The van der Waals surface area contributed by atoms with E-state index < -0.39 is 15.7 Å². The summed E-state index contributed by atoms with van der Waals surface area (Å²) in [5.74, 6) is 0.850. The third kappa shape index (κ3) is 3.36. The molecule has 0 unspecified atom stereocenters. The Hall–Kier alpha value is -0.990. The lowest BCUT2D eigenvalue weighted by atomic mass is 10.0. The molecule has 1 N–H and O–H groups in total. The average Bonchev–Trinajstić information content (AvgIpc) is 3.35. The van der Waals surface area contributed by atoms with Crippen molar-refractivity contribution in [1.82, 2.24) is 9.21 Å². The summed E-state index contributed by atoms with van der Waals surface area (Å²) >= 11 is 0. The van der Waals surface area contributed by atoms with Gasteiger partial charge in [-0.2, -0.15) is 4.31 Å². The lowest BCUT2D eigenvalue weighted by Crippen LogP contribution is -2.55. The molecule has 2 saturated heterocycles.